The first kappa shape index (κ1) is 8.57. The zero-order valence-electron chi connectivity index (χ0n) is 7.07. The fourth-order valence-corrected chi connectivity index (χ4v) is 1.65. The van der Waals surface area contributed by atoms with Crippen molar-refractivity contribution in [2.75, 3.05) is 0 Å². The lowest BCUT2D eigenvalue weighted by molar-refractivity contribution is 0.319. The highest BCUT2D eigenvalue weighted by Crippen LogP contribution is 2.46. The fraction of sp³-hybridized carbons (Fsp3) is 0.300. The third kappa shape index (κ3) is 1.54. The van der Waals surface area contributed by atoms with Crippen LogP contribution >= 0.6 is 11.6 Å². The SMILES string of the molecule is ON=CC1(c2ccc(Cl)cc2)CC1. The van der Waals surface area contributed by atoms with E-state index in [-0.39, 0.29) is 5.41 Å². The van der Waals surface area contributed by atoms with Gasteiger partial charge in [0.25, 0.3) is 0 Å². The number of nitrogens with zero attached hydrogens (tertiary/aromatic N) is 1. The Morgan fingerprint density at radius 1 is 1.31 bits per heavy atom. The van der Waals surface area contributed by atoms with E-state index in [0.29, 0.717) is 0 Å². The normalized spacial score (nSPS) is 19.2. The van der Waals surface area contributed by atoms with Gasteiger partial charge in [-0.25, -0.2) is 0 Å². The number of hydrogen-bond donors (Lipinski definition) is 1. The molecule has 0 aromatic heterocycles. The summed E-state index contributed by atoms with van der Waals surface area (Å²) in [6.45, 7) is 0. The molecule has 0 spiro atoms. The molecule has 1 saturated carbocycles. The van der Waals surface area contributed by atoms with Gasteiger partial charge in [-0.2, -0.15) is 0 Å². The van der Waals surface area contributed by atoms with Crippen molar-refractivity contribution in [2.45, 2.75) is 18.3 Å². The predicted molar refractivity (Wildman–Crippen MR) is 52.6 cm³/mol. The summed E-state index contributed by atoms with van der Waals surface area (Å²) in [7, 11) is 0. The summed E-state index contributed by atoms with van der Waals surface area (Å²) in [5.41, 5.74) is 1.16. The first-order valence-electron chi connectivity index (χ1n) is 4.21. The Labute approximate surface area is 81.8 Å². The standard InChI is InChI=1S/C10H10ClNO/c11-9-3-1-8(2-4-9)10(5-6-10)7-12-13/h1-4,7,13H,5-6H2. The van der Waals surface area contributed by atoms with Gasteiger partial charge in [0, 0.05) is 10.4 Å². The van der Waals surface area contributed by atoms with Crippen molar-refractivity contribution in [3.63, 3.8) is 0 Å². The van der Waals surface area contributed by atoms with Gasteiger partial charge in [-0.05, 0) is 30.5 Å². The van der Waals surface area contributed by atoms with Crippen molar-refractivity contribution >= 4 is 17.8 Å². The van der Waals surface area contributed by atoms with E-state index in [1.807, 2.05) is 24.3 Å². The molecular formula is C10H10ClNO. The van der Waals surface area contributed by atoms with Crippen LogP contribution in [0.3, 0.4) is 0 Å². The summed E-state index contributed by atoms with van der Waals surface area (Å²) in [6.07, 6.45) is 3.72. The van der Waals surface area contributed by atoms with Crippen LogP contribution in [0.1, 0.15) is 18.4 Å². The summed E-state index contributed by atoms with van der Waals surface area (Å²) in [6, 6.07) is 7.69. The summed E-state index contributed by atoms with van der Waals surface area (Å²) in [4.78, 5) is 0. The van der Waals surface area contributed by atoms with E-state index in [2.05, 4.69) is 5.16 Å². The van der Waals surface area contributed by atoms with E-state index in [4.69, 9.17) is 16.8 Å². The van der Waals surface area contributed by atoms with Gasteiger partial charge in [0.1, 0.15) is 0 Å². The highest BCUT2D eigenvalue weighted by atomic mass is 35.5. The minimum atomic E-state index is -0.0145. The zero-order chi connectivity index (χ0) is 9.31. The van der Waals surface area contributed by atoms with Gasteiger partial charge in [0.05, 0.1) is 6.21 Å². The summed E-state index contributed by atoms with van der Waals surface area (Å²) in [5, 5.41) is 12.3. The van der Waals surface area contributed by atoms with Crippen molar-refractivity contribution in [3.8, 4) is 0 Å². The maximum absolute atomic E-state index is 8.50. The summed E-state index contributed by atoms with van der Waals surface area (Å²) >= 11 is 5.78. The van der Waals surface area contributed by atoms with Crippen molar-refractivity contribution < 1.29 is 5.21 Å². The second kappa shape index (κ2) is 3.04. The molecule has 13 heavy (non-hydrogen) atoms. The lowest BCUT2D eigenvalue weighted by Crippen LogP contribution is -2.07. The molecular weight excluding hydrogens is 186 g/mol. The van der Waals surface area contributed by atoms with Crippen LogP contribution in [0.5, 0.6) is 0 Å². The molecule has 0 unspecified atom stereocenters. The van der Waals surface area contributed by atoms with Crippen LogP contribution < -0.4 is 0 Å². The van der Waals surface area contributed by atoms with E-state index in [9.17, 15) is 0 Å². The Morgan fingerprint density at radius 3 is 2.38 bits per heavy atom. The number of oxime groups is 1. The Morgan fingerprint density at radius 2 is 1.92 bits per heavy atom. The number of benzene rings is 1. The third-order valence-corrected chi connectivity index (χ3v) is 2.76. The minimum absolute atomic E-state index is 0.0145. The van der Waals surface area contributed by atoms with Crippen molar-refractivity contribution in [3.05, 3.63) is 34.9 Å². The highest BCUT2D eigenvalue weighted by Gasteiger charge is 2.43. The molecule has 0 amide bonds. The molecule has 0 bridgehead atoms. The lowest BCUT2D eigenvalue weighted by atomic mass is 9.98. The second-order valence-electron chi connectivity index (χ2n) is 3.41. The van der Waals surface area contributed by atoms with Crippen LogP contribution in [0.2, 0.25) is 5.02 Å². The van der Waals surface area contributed by atoms with Crippen LogP contribution in [0.4, 0.5) is 0 Å². The third-order valence-electron chi connectivity index (χ3n) is 2.51. The van der Waals surface area contributed by atoms with Gasteiger partial charge in [0.15, 0.2) is 0 Å². The van der Waals surface area contributed by atoms with Gasteiger partial charge >= 0.3 is 0 Å². The number of hydrogen-bond acceptors (Lipinski definition) is 2. The lowest BCUT2D eigenvalue weighted by Gasteiger charge is -2.07. The largest absolute Gasteiger partial charge is 0.411 e. The molecule has 0 atom stereocenters. The Hall–Kier alpha value is -1.02. The molecule has 0 saturated heterocycles. The minimum Gasteiger partial charge on any atom is -0.411 e. The highest BCUT2D eigenvalue weighted by molar-refractivity contribution is 6.30. The predicted octanol–water partition coefficient (Wildman–Crippen LogP) is 2.83. The van der Waals surface area contributed by atoms with Crippen LogP contribution in [-0.4, -0.2) is 11.4 Å². The number of rotatable bonds is 2. The van der Waals surface area contributed by atoms with Crippen LogP contribution in [0, 0.1) is 0 Å². The molecule has 1 N–H and O–H groups in total. The first-order valence-corrected chi connectivity index (χ1v) is 4.59. The molecule has 0 aliphatic heterocycles. The molecule has 1 aromatic carbocycles. The molecule has 0 radical (unpaired) electrons. The molecule has 2 rings (SSSR count). The molecule has 68 valence electrons. The average molecular weight is 196 g/mol. The van der Waals surface area contributed by atoms with E-state index < -0.39 is 0 Å². The Kier molecular flexibility index (Phi) is 2.00. The van der Waals surface area contributed by atoms with Crippen LogP contribution in [0.15, 0.2) is 29.4 Å². The van der Waals surface area contributed by atoms with Gasteiger partial charge in [-0.15, -0.1) is 5.16 Å². The Bertz CT molecular complexity index is 327. The quantitative estimate of drug-likeness (QED) is 0.439. The Balaban J connectivity index is 2.30. The number of halogens is 1. The molecule has 0 heterocycles. The van der Waals surface area contributed by atoms with Crippen molar-refractivity contribution in [1.82, 2.24) is 0 Å². The van der Waals surface area contributed by atoms with Crippen LogP contribution in [0.25, 0.3) is 0 Å². The average Bonchev–Trinajstić information content (AvgIpc) is 2.87. The van der Waals surface area contributed by atoms with E-state index in [1.54, 1.807) is 6.21 Å². The summed E-state index contributed by atoms with van der Waals surface area (Å²) in [5.74, 6) is 0. The van der Waals surface area contributed by atoms with E-state index in [0.717, 1.165) is 17.9 Å². The van der Waals surface area contributed by atoms with Crippen LogP contribution in [-0.2, 0) is 5.41 Å². The van der Waals surface area contributed by atoms with E-state index in [1.165, 1.54) is 5.56 Å². The van der Waals surface area contributed by atoms with Gasteiger partial charge in [0.2, 0.25) is 0 Å². The monoisotopic (exact) mass is 195 g/mol. The molecule has 3 heteroatoms. The van der Waals surface area contributed by atoms with Crippen molar-refractivity contribution in [2.24, 2.45) is 5.16 Å². The smallest absolute Gasteiger partial charge is 0.0541 e. The molecule has 1 aliphatic rings. The fourth-order valence-electron chi connectivity index (χ4n) is 1.52. The topological polar surface area (TPSA) is 32.6 Å². The van der Waals surface area contributed by atoms with Gasteiger partial charge in [-0.1, -0.05) is 23.7 Å². The maximum Gasteiger partial charge on any atom is 0.0541 e. The zero-order valence-corrected chi connectivity index (χ0v) is 7.83. The molecule has 1 aromatic rings. The van der Waals surface area contributed by atoms with E-state index >= 15 is 0 Å². The van der Waals surface area contributed by atoms with Crippen molar-refractivity contribution in [1.29, 1.82) is 0 Å². The molecule has 1 fully saturated rings. The molecule has 2 nitrogen and oxygen atoms in total. The first-order chi connectivity index (χ1) is 6.27. The summed E-state index contributed by atoms with van der Waals surface area (Å²) < 4.78 is 0. The van der Waals surface area contributed by atoms with Gasteiger partial charge < -0.3 is 5.21 Å². The maximum atomic E-state index is 8.50. The second-order valence-corrected chi connectivity index (χ2v) is 3.84. The molecule has 1 aliphatic carbocycles. The van der Waals surface area contributed by atoms with Gasteiger partial charge in [-0.3, -0.25) is 0 Å².